The van der Waals surface area contributed by atoms with Crippen molar-refractivity contribution in [1.82, 2.24) is 19.5 Å². The average Bonchev–Trinajstić information content (AvgIpc) is 3.40. The Morgan fingerprint density at radius 2 is 1.84 bits per heavy atom. The number of hydrogen-bond donors (Lipinski definition) is 2. The van der Waals surface area contributed by atoms with E-state index >= 15 is 0 Å². The fraction of sp³-hybridized carbons (Fsp3) is 0.308. The lowest BCUT2D eigenvalue weighted by Gasteiger charge is -2.25. The van der Waals surface area contributed by atoms with E-state index in [0.717, 1.165) is 4.31 Å². The maximum Gasteiger partial charge on any atom is 0.414 e. The summed E-state index contributed by atoms with van der Waals surface area (Å²) in [6.45, 7) is 0.133. The van der Waals surface area contributed by atoms with Gasteiger partial charge in [-0.2, -0.15) is 4.31 Å². The van der Waals surface area contributed by atoms with E-state index in [1.165, 1.54) is 29.3 Å². The van der Waals surface area contributed by atoms with Gasteiger partial charge in [-0.25, -0.2) is 18.0 Å². The lowest BCUT2D eigenvalue weighted by molar-refractivity contribution is -0.142. The molecule has 0 spiro atoms. The smallest absolute Gasteiger partial charge is 0.414 e. The highest BCUT2D eigenvalue weighted by Gasteiger charge is 2.41. The van der Waals surface area contributed by atoms with Crippen molar-refractivity contribution in [2.45, 2.75) is 36.2 Å². The van der Waals surface area contributed by atoms with Crippen LogP contribution in [0.25, 0.3) is 10.9 Å². The van der Waals surface area contributed by atoms with Crippen LogP contribution in [0.1, 0.15) is 18.4 Å². The third kappa shape index (κ3) is 5.76. The number of carbonyl (C=O) groups is 3. The van der Waals surface area contributed by atoms with Gasteiger partial charge in [0.25, 0.3) is 0 Å². The number of sulfonamides is 1. The van der Waals surface area contributed by atoms with Crippen molar-refractivity contribution in [3.8, 4) is 5.75 Å². The van der Waals surface area contributed by atoms with Gasteiger partial charge in [0.1, 0.15) is 22.7 Å². The monoisotopic (exact) mass is 540 g/mol. The number of pyridine rings is 1. The molecule has 1 aromatic heterocycles. The first-order chi connectivity index (χ1) is 18.1. The van der Waals surface area contributed by atoms with Crippen molar-refractivity contribution in [2.75, 3.05) is 20.6 Å². The van der Waals surface area contributed by atoms with Gasteiger partial charge in [-0.05, 0) is 42.7 Å². The summed E-state index contributed by atoms with van der Waals surface area (Å²) >= 11 is 0. The molecule has 2 amide bonds. The van der Waals surface area contributed by atoms with Crippen LogP contribution in [0.2, 0.25) is 0 Å². The van der Waals surface area contributed by atoms with Gasteiger partial charge in [0.05, 0.1) is 5.52 Å². The van der Waals surface area contributed by atoms with Crippen LogP contribution in [-0.4, -0.2) is 78.4 Å². The number of carbonyl (C=O) groups excluding carboxylic acids is 2. The third-order valence-corrected chi connectivity index (χ3v) is 8.18. The number of rotatable bonds is 8. The van der Waals surface area contributed by atoms with Crippen LogP contribution in [0.3, 0.4) is 0 Å². The number of para-hydroxylation sites is 1. The van der Waals surface area contributed by atoms with Gasteiger partial charge < -0.3 is 20.1 Å². The summed E-state index contributed by atoms with van der Waals surface area (Å²) in [4.78, 5) is 42.3. The Kier molecular flexibility index (Phi) is 7.93. The molecule has 1 aliphatic heterocycles. The van der Waals surface area contributed by atoms with Crippen molar-refractivity contribution in [3.63, 3.8) is 0 Å². The number of nitrogens with one attached hydrogen (secondary N) is 1. The van der Waals surface area contributed by atoms with E-state index in [2.05, 4.69) is 10.3 Å². The first-order valence-corrected chi connectivity index (χ1v) is 13.4. The number of benzene rings is 2. The van der Waals surface area contributed by atoms with Crippen LogP contribution in [0.15, 0.2) is 65.7 Å². The fourth-order valence-corrected chi connectivity index (χ4v) is 6.11. The zero-order chi connectivity index (χ0) is 27.4. The Morgan fingerprint density at radius 1 is 1.13 bits per heavy atom. The highest BCUT2D eigenvalue weighted by Crippen LogP contribution is 2.30. The Balaban J connectivity index is 1.49. The average molecular weight is 541 g/mol. The van der Waals surface area contributed by atoms with Crippen molar-refractivity contribution in [3.05, 3.63) is 66.4 Å². The molecule has 200 valence electrons. The fourth-order valence-electron chi connectivity index (χ4n) is 4.29. The lowest BCUT2D eigenvalue weighted by atomic mass is 10.1. The minimum atomic E-state index is -4.08. The Hall–Kier alpha value is -4.03. The maximum atomic E-state index is 13.6. The molecule has 1 saturated heterocycles. The molecule has 2 N–H and O–H groups in total. The zero-order valence-corrected chi connectivity index (χ0v) is 21.7. The van der Waals surface area contributed by atoms with Crippen LogP contribution < -0.4 is 10.1 Å². The molecule has 2 atom stereocenters. The number of fused-ring (bicyclic) bond motifs is 1. The van der Waals surface area contributed by atoms with E-state index in [0.29, 0.717) is 22.9 Å². The molecular weight excluding hydrogens is 512 g/mol. The minimum absolute atomic E-state index is 0.000131. The summed E-state index contributed by atoms with van der Waals surface area (Å²) < 4.78 is 33.4. The van der Waals surface area contributed by atoms with E-state index in [1.54, 1.807) is 50.5 Å². The normalized spacial score (nSPS) is 16.6. The van der Waals surface area contributed by atoms with Crippen molar-refractivity contribution >= 4 is 38.9 Å². The van der Waals surface area contributed by atoms with E-state index in [-0.39, 0.29) is 30.0 Å². The van der Waals surface area contributed by atoms with Crippen molar-refractivity contribution in [2.24, 2.45) is 0 Å². The summed E-state index contributed by atoms with van der Waals surface area (Å²) in [5.74, 6) is -1.64. The second-order valence-corrected chi connectivity index (χ2v) is 11.0. The van der Waals surface area contributed by atoms with Gasteiger partial charge in [-0.3, -0.25) is 9.78 Å². The first kappa shape index (κ1) is 27.0. The highest BCUT2D eigenvalue weighted by atomic mass is 32.2. The highest BCUT2D eigenvalue weighted by molar-refractivity contribution is 7.89. The number of aromatic nitrogens is 1. The number of aliphatic carboxylic acids is 1. The first-order valence-electron chi connectivity index (χ1n) is 11.9. The van der Waals surface area contributed by atoms with Gasteiger partial charge >= 0.3 is 12.1 Å². The van der Waals surface area contributed by atoms with Gasteiger partial charge in [-0.1, -0.05) is 30.3 Å². The second kappa shape index (κ2) is 11.2. The van der Waals surface area contributed by atoms with Gasteiger partial charge in [-0.15, -0.1) is 0 Å². The minimum Gasteiger partial charge on any atom is -0.480 e. The SMILES string of the molecule is CN(C)C(=O)Oc1ccc(C[C@H](NC(=O)[C@@H]2CCCN2S(=O)(=O)c2cccc3cccnc23)C(=O)O)cc1. The van der Waals surface area contributed by atoms with E-state index in [1.807, 2.05) is 0 Å². The summed E-state index contributed by atoms with van der Waals surface area (Å²) in [5.41, 5.74) is 0.893. The molecule has 0 aliphatic carbocycles. The Morgan fingerprint density at radius 3 is 2.53 bits per heavy atom. The zero-order valence-electron chi connectivity index (χ0n) is 20.9. The molecule has 38 heavy (non-hydrogen) atoms. The van der Waals surface area contributed by atoms with Gasteiger partial charge in [0.15, 0.2) is 0 Å². The quantitative estimate of drug-likeness (QED) is 0.442. The standard InChI is InChI=1S/C26H28N4O7S/c1-29(2)26(34)37-19-12-10-17(11-13-19)16-20(25(32)33)28-24(31)21-8-5-15-30(21)38(35,36)22-9-3-6-18-7-4-14-27-23(18)22/h3-4,6-7,9-14,20-21H,5,8,15-16H2,1-2H3,(H,28,31)(H,32,33)/t20-,21-/m0/s1. The van der Waals surface area contributed by atoms with Crippen molar-refractivity contribution in [1.29, 1.82) is 0 Å². The number of ether oxygens (including phenoxy) is 1. The molecule has 0 unspecified atom stereocenters. The molecule has 2 aromatic carbocycles. The van der Waals surface area contributed by atoms with Crippen LogP contribution in [-0.2, 0) is 26.0 Å². The number of amides is 2. The lowest BCUT2D eigenvalue weighted by Crippen LogP contribution is -2.51. The van der Waals surface area contributed by atoms with E-state index in [9.17, 15) is 27.9 Å². The maximum absolute atomic E-state index is 13.6. The molecule has 12 heteroatoms. The van der Waals surface area contributed by atoms with Gasteiger partial charge in [0.2, 0.25) is 15.9 Å². The number of hydrogen-bond acceptors (Lipinski definition) is 7. The summed E-state index contributed by atoms with van der Waals surface area (Å²) in [6, 6.07) is 12.2. The largest absolute Gasteiger partial charge is 0.480 e. The van der Waals surface area contributed by atoms with E-state index < -0.39 is 40.1 Å². The van der Waals surface area contributed by atoms with Gasteiger partial charge in [0, 0.05) is 38.6 Å². The second-order valence-electron chi connectivity index (χ2n) is 9.11. The van der Waals surface area contributed by atoms with Crippen LogP contribution >= 0.6 is 0 Å². The number of carboxylic acids is 1. The predicted molar refractivity (Wildman–Crippen MR) is 138 cm³/mol. The van der Waals surface area contributed by atoms with Crippen LogP contribution in [0.5, 0.6) is 5.75 Å². The predicted octanol–water partition coefficient (Wildman–Crippen LogP) is 2.26. The molecule has 0 bridgehead atoms. The summed E-state index contributed by atoms with van der Waals surface area (Å²) in [7, 11) is -0.981. The molecule has 11 nitrogen and oxygen atoms in total. The molecular formula is C26H28N4O7S. The van der Waals surface area contributed by atoms with E-state index in [4.69, 9.17) is 4.74 Å². The van der Waals surface area contributed by atoms with Crippen LogP contribution in [0, 0.1) is 0 Å². The molecule has 1 fully saturated rings. The molecule has 0 radical (unpaired) electrons. The van der Waals surface area contributed by atoms with Crippen LogP contribution in [0.4, 0.5) is 4.79 Å². The summed E-state index contributed by atoms with van der Waals surface area (Å²) in [5, 5.41) is 12.9. The molecule has 1 aliphatic rings. The third-order valence-electron chi connectivity index (χ3n) is 6.24. The summed E-state index contributed by atoms with van der Waals surface area (Å²) in [6.07, 6.45) is 1.63. The molecule has 4 rings (SSSR count). The Labute approximate surface area is 220 Å². The molecule has 2 heterocycles. The van der Waals surface area contributed by atoms with Crippen molar-refractivity contribution < 1.29 is 32.6 Å². The number of nitrogens with zero attached hydrogens (tertiary/aromatic N) is 3. The topological polar surface area (TPSA) is 146 Å². The number of carboxylic acid groups (broad SMARTS) is 1. The molecule has 3 aromatic rings. The molecule has 0 saturated carbocycles. The Bertz CT molecular complexity index is 1450.